The van der Waals surface area contributed by atoms with E-state index in [0.29, 0.717) is 17.7 Å². The molecule has 0 amide bonds. The number of rotatable bonds is 3. The second kappa shape index (κ2) is 5.44. The smallest absolute Gasteiger partial charge is 0.341 e. The number of benzene rings is 1. The zero-order chi connectivity index (χ0) is 18.2. The predicted octanol–water partition coefficient (Wildman–Crippen LogP) is 2.33. The molecular formula is C18H17ClFN3O3. The first-order chi connectivity index (χ1) is 12.5. The van der Waals surface area contributed by atoms with Crippen molar-refractivity contribution in [2.75, 3.05) is 31.1 Å². The molecule has 3 aliphatic heterocycles. The number of nitrogens with zero attached hydrogens (tertiary/aromatic N) is 3. The van der Waals surface area contributed by atoms with E-state index in [9.17, 15) is 19.1 Å². The lowest BCUT2D eigenvalue weighted by Crippen LogP contribution is -2.67. The van der Waals surface area contributed by atoms with Crippen LogP contribution in [0.3, 0.4) is 0 Å². The minimum absolute atomic E-state index is 0.0373. The first-order valence-electron chi connectivity index (χ1n) is 8.75. The van der Waals surface area contributed by atoms with Gasteiger partial charge in [0.05, 0.1) is 27.7 Å². The average Bonchev–Trinajstić information content (AvgIpc) is 3.40. The molecular weight excluding hydrogens is 361 g/mol. The number of aromatic carboxylic acids is 1. The highest BCUT2D eigenvalue weighted by Crippen LogP contribution is 2.43. The van der Waals surface area contributed by atoms with Gasteiger partial charge < -0.3 is 14.6 Å². The molecule has 0 spiro atoms. The maximum absolute atomic E-state index is 15.0. The van der Waals surface area contributed by atoms with E-state index in [2.05, 4.69) is 4.90 Å². The molecule has 3 saturated heterocycles. The highest BCUT2D eigenvalue weighted by atomic mass is 35.5. The normalized spacial score (nSPS) is 24.6. The third-order valence-electron chi connectivity index (χ3n) is 5.68. The summed E-state index contributed by atoms with van der Waals surface area (Å²) in [7, 11) is 0. The summed E-state index contributed by atoms with van der Waals surface area (Å²) in [5.41, 5.74) is -0.256. The Bertz CT molecular complexity index is 1010. The lowest BCUT2D eigenvalue weighted by Gasteiger charge is -2.52. The van der Waals surface area contributed by atoms with Gasteiger partial charge in [0.25, 0.3) is 0 Å². The van der Waals surface area contributed by atoms with Crippen molar-refractivity contribution < 1.29 is 14.3 Å². The second-order valence-electron chi connectivity index (χ2n) is 7.34. The lowest BCUT2D eigenvalue weighted by molar-refractivity contribution is 0.0695. The Balaban J connectivity index is 1.79. The number of fused-ring (bicyclic) bond motifs is 3. The van der Waals surface area contributed by atoms with E-state index < -0.39 is 17.2 Å². The van der Waals surface area contributed by atoms with Crippen molar-refractivity contribution in [1.29, 1.82) is 0 Å². The van der Waals surface area contributed by atoms with Gasteiger partial charge in [0.2, 0.25) is 5.43 Å². The summed E-state index contributed by atoms with van der Waals surface area (Å²) < 4.78 is 16.7. The molecule has 1 aromatic carbocycles. The summed E-state index contributed by atoms with van der Waals surface area (Å²) >= 11 is 6.64. The average molecular weight is 378 g/mol. The Hall–Kier alpha value is -2.12. The molecule has 4 fully saturated rings. The molecule has 136 valence electrons. The van der Waals surface area contributed by atoms with Crippen LogP contribution in [0.4, 0.5) is 10.1 Å². The fraction of sp³-hybridized carbons (Fsp3) is 0.444. The number of hydrogen-bond donors (Lipinski definition) is 1. The van der Waals surface area contributed by atoms with Gasteiger partial charge in [-0.2, -0.15) is 0 Å². The van der Waals surface area contributed by atoms with E-state index in [1.165, 1.54) is 6.20 Å². The Kier molecular flexibility index (Phi) is 3.36. The van der Waals surface area contributed by atoms with E-state index in [1.807, 2.05) is 4.90 Å². The number of carboxylic acids is 1. The first kappa shape index (κ1) is 16.1. The van der Waals surface area contributed by atoms with Crippen LogP contribution in [-0.4, -0.2) is 52.8 Å². The Morgan fingerprint density at radius 3 is 2.54 bits per heavy atom. The lowest BCUT2D eigenvalue weighted by atomic mass is 10.0. The zero-order valence-corrected chi connectivity index (χ0v) is 14.7. The van der Waals surface area contributed by atoms with Crippen molar-refractivity contribution in [3.05, 3.63) is 38.9 Å². The second-order valence-corrected chi connectivity index (χ2v) is 7.72. The van der Waals surface area contributed by atoms with E-state index in [4.69, 9.17) is 11.6 Å². The molecule has 1 aliphatic carbocycles. The molecule has 2 aromatic rings. The summed E-state index contributed by atoms with van der Waals surface area (Å²) in [6.07, 6.45) is 3.14. The van der Waals surface area contributed by atoms with Crippen LogP contribution < -0.4 is 10.3 Å². The number of halogens is 2. The van der Waals surface area contributed by atoms with Crippen molar-refractivity contribution in [2.45, 2.75) is 24.9 Å². The summed E-state index contributed by atoms with van der Waals surface area (Å²) in [6, 6.07) is 1.50. The Labute approximate surface area is 153 Å². The minimum Gasteiger partial charge on any atom is -0.477 e. The highest BCUT2D eigenvalue weighted by Gasteiger charge is 2.39. The first-order valence-corrected chi connectivity index (χ1v) is 9.12. The number of carboxylic acid groups (broad SMARTS) is 1. The third-order valence-corrected chi connectivity index (χ3v) is 6.04. The number of hydrogen-bond acceptors (Lipinski definition) is 4. The van der Waals surface area contributed by atoms with Gasteiger partial charge in [0, 0.05) is 38.4 Å². The van der Waals surface area contributed by atoms with Gasteiger partial charge in [-0.3, -0.25) is 9.69 Å². The summed E-state index contributed by atoms with van der Waals surface area (Å²) in [5, 5.41) is 9.58. The summed E-state index contributed by atoms with van der Waals surface area (Å²) in [4.78, 5) is 28.3. The van der Waals surface area contributed by atoms with Crippen LogP contribution in [0.15, 0.2) is 17.1 Å². The minimum atomic E-state index is -1.31. The largest absolute Gasteiger partial charge is 0.477 e. The number of aromatic nitrogens is 1. The predicted molar refractivity (Wildman–Crippen MR) is 96.0 cm³/mol. The number of anilines is 1. The summed E-state index contributed by atoms with van der Waals surface area (Å²) in [5.74, 6) is -1.87. The van der Waals surface area contributed by atoms with Crippen LogP contribution in [0.25, 0.3) is 10.9 Å². The van der Waals surface area contributed by atoms with Gasteiger partial charge in [0.15, 0.2) is 0 Å². The molecule has 6 nitrogen and oxygen atoms in total. The van der Waals surface area contributed by atoms with Crippen molar-refractivity contribution >= 4 is 34.2 Å². The van der Waals surface area contributed by atoms with Crippen LogP contribution in [-0.2, 0) is 0 Å². The van der Waals surface area contributed by atoms with Gasteiger partial charge in [0.1, 0.15) is 11.4 Å². The van der Waals surface area contributed by atoms with Crippen LogP contribution in [0.5, 0.6) is 0 Å². The SMILES string of the molecule is O=C(O)c1cn(C2CC2)c2c(Cl)c(N3CCN4CC3C4)c(F)cc2c1=O. The molecule has 0 atom stereocenters. The highest BCUT2D eigenvalue weighted by molar-refractivity contribution is 6.38. The Morgan fingerprint density at radius 1 is 1.23 bits per heavy atom. The maximum Gasteiger partial charge on any atom is 0.341 e. The van der Waals surface area contributed by atoms with Gasteiger partial charge in [-0.1, -0.05) is 11.6 Å². The molecule has 4 heterocycles. The van der Waals surface area contributed by atoms with E-state index in [0.717, 1.165) is 38.5 Å². The molecule has 2 bridgehead atoms. The van der Waals surface area contributed by atoms with Crippen LogP contribution in [0.2, 0.25) is 5.02 Å². The zero-order valence-electron chi connectivity index (χ0n) is 13.9. The standard InChI is InChI=1S/C18H17ClFN3O3/c19-14-15-11(17(24)12(18(25)26)8-23(15)9-1-2-9)5-13(20)16(14)22-4-3-21-6-10(22)7-21/h5,8-10H,1-4,6-7H2,(H,25,26). The number of carbonyl (C=O) groups is 1. The van der Waals surface area contributed by atoms with Crippen molar-refractivity contribution in [2.24, 2.45) is 0 Å². The van der Waals surface area contributed by atoms with E-state index in [1.54, 1.807) is 4.57 Å². The fourth-order valence-corrected chi connectivity index (χ4v) is 4.53. The van der Waals surface area contributed by atoms with Crippen molar-refractivity contribution in [1.82, 2.24) is 9.47 Å². The molecule has 1 N–H and O–H groups in total. The van der Waals surface area contributed by atoms with Gasteiger partial charge in [-0.05, 0) is 18.9 Å². The monoisotopic (exact) mass is 377 g/mol. The molecule has 0 radical (unpaired) electrons. The van der Waals surface area contributed by atoms with Gasteiger partial charge in [-0.25, -0.2) is 9.18 Å². The summed E-state index contributed by atoms with van der Waals surface area (Å²) in [6.45, 7) is 3.33. The number of pyridine rings is 1. The molecule has 1 aromatic heterocycles. The van der Waals surface area contributed by atoms with Crippen LogP contribution >= 0.6 is 11.6 Å². The molecule has 4 aliphatic rings. The molecule has 1 saturated carbocycles. The molecule has 26 heavy (non-hydrogen) atoms. The number of piperazine rings is 2. The van der Waals surface area contributed by atoms with Gasteiger partial charge >= 0.3 is 5.97 Å². The fourth-order valence-electron chi connectivity index (χ4n) is 4.14. The van der Waals surface area contributed by atoms with E-state index >= 15 is 0 Å². The third kappa shape index (κ3) is 2.20. The quantitative estimate of drug-likeness (QED) is 0.889. The van der Waals surface area contributed by atoms with Crippen molar-refractivity contribution in [3.8, 4) is 0 Å². The molecule has 6 rings (SSSR count). The van der Waals surface area contributed by atoms with E-state index in [-0.39, 0.29) is 28.1 Å². The van der Waals surface area contributed by atoms with Crippen molar-refractivity contribution in [3.63, 3.8) is 0 Å². The van der Waals surface area contributed by atoms with Crippen LogP contribution in [0, 0.1) is 5.82 Å². The van der Waals surface area contributed by atoms with Gasteiger partial charge in [-0.15, -0.1) is 0 Å². The topological polar surface area (TPSA) is 65.8 Å². The Morgan fingerprint density at radius 2 is 1.96 bits per heavy atom. The molecule has 8 heteroatoms. The van der Waals surface area contributed by atoms with Crippen LogP contribution in [0.1, 0.15) is 29.2 Å². The molecule has 0 unspecified atom stereocenters. The maximum atomic E-state index is 15.0.